The van der Waals surface area contributed by atoms with Crippen molar-refractivity contribution in [2.45, 2.75) is 26.3 Å². The van der Waals surface area contributed by atoms with Crippen molar-refractivity contribution in [1.29, 1.82) is 0 Å². The Morgan fingerprint density at radius 2 is 2.11 bits per heavy atom. The number of benzene rings is 1. The standard InChI is InChI=1S/C13H17FN4/c1-2-13-12(7-8-15)16-17-18(13)9-10-5-3-4-6-11(10)14/h3-6H,2,7-9,15H2,1H3. The van der Waals surface area contributed by atoms with Crippen LogP contribution in [0.15, 0.2) is 24.3 Å². The van der Waals surface area contributed by atoms with E-state index >= 15 is 0 Å². The van der Waals surface area contributed by atoms with Crippen molar-refractivity contribution in [1.82, 2.24) is 15.0 Å². The monoisotopic (exact) mass is 248 g/mol. The summed E-state index contributed by atoms with van der Waals surface area (Å²) in [6, 6.07) is 6.72. The van der Waals surface area contributed by atoms with Crippen LogP contribution >= 0.6 is 0 Å². The summed E-state index contributed by atoms with van der Waals surface area (Å²) < 4.78 is 15.3. The molecular weight excluding hydrogens is 231 g/mol. The molecule has 0 spiro atoms. The van der Waals surface area contributed by atoms with Crippen molar-refractivity contribution in [2.75, 3.05) is 6.54 Å². The lowest BCUT2D eigenvalue weighted by atomic mass is 10.2. The normalized spacial score (nSPS) is 10.8. The van der Waals surface area contributed by atoms with Gasteiger partial charge >= 0.3 is 0 Å². The maximum Gasteiger partial charge on any atom is 0.128 e. The zero-order valence-corrected chi connectivity index (χ0v) is 10.4. The van der Waals surface area contributed by atoms with Crippen molar-refractivity contribution in [2.24, 2.45) is 5.73 Å². The fourth-order valence-corrected chi connectivity index (χ4v) is 2.00. The molecule has 2 N–H and O–H groups in total. The van der Waals surface area contributed by atoms with Crippen molar-refractivity contribution in [3.05, 3.63) is 47.0 Å². The molecule has 1 aromatic heterocycles. The van der Waals surface area contributed by atoms with Gasteiger partial charge in [-0.25, -0.2) is 9.07 Å². The molecule has 1 aromatic carbocycles. The summed E-state index contributed by atoms with van der Waals surface area (Å²) in [7, 11) is 0. The molecule has 96 valence electrons. The van der Waals surface area contributed by atoms with E-state index in [0.29, 0.717) is 25.1 Å². The molecule has 1 heterocycles. The predicted octanol–water partition coefficient (Wildman–Crippen LogP) is 1.53. The number of hydrogen-bond acceptors (Lipinski definition) is 3. The second kappa shape index (κ2) is 5.73. The maximum absolute atomic E-state index is 13.6. The van der Waals surface area contributed by atoms with Gasteiger partial charge in [-0.2, -0.15) is 0 Å². The van der Waals surface area contributed by atoms with Crippen molar-refractivity contribution >= 4 is 0 Å². The molecule has 0 radical (unpaired) electrons. The fraction of sp³-hybridized carbons (Fsp3) is 0.385. The van der Waals surface area contributed by atoms with Gasteiger partial charge in [0.05, 0.1) is 17.9 Å². The third kappa shape index (κ3) is 2.56. The molecule has 0 aliphatic heterocycles. The topological polar surface area (TPSA) is 56.7 Å². The second-order valence-corrected chi connectivity index (χ2v) is 4.12. The van der Waals surface area contributed by atoms with Gasteiger partial charge in [0.15, 0.2) is 0 Å². The van der Waals surface area contributed by atoms with Gasteiger partial charge in [0.1, 0.15) is 5.82 Å². The third-order valence-corrected chi connectivity index (χ3v) is 2.91. The van der Waals surface area contributed by atoms with Crippen molar-refractivity contribution in [3.8, 4) is 0 Å². The van der Waals surface area contributed by atoms with Gasteiger partial charge in [0.2, 0.25) is 0 Å². The Morgan fingerprint density at radius 3 is 2.78 bits per heavy atom. The van der Waals surface area contributed by atoms with Crippen LogP contribution in [0, 0.1) is 5.82 Å². The minimum absolute atomic E-state index is 0.213. The van der Waals surface area contributed by atoms with E-state index in [-0.39, 0.29) is 5.82 Å². The smallest absolute Gasteiger partial charge is 0.128 e. The molecule has 4 nitrogen and oxygen atoms in total. The first-order valence-electron chi connectivity index (χ1n) is 6.11. The Labute approximate surface area is 106 Å². The van der Waals surface area contributed by atoms with E-state index in [9.17, 15) is 4.39 Å². The molecule has 0 saturated heterocycles. The highest BCUT2D eigenvalue weighted by Crippen LogP contribution is 2.12. The molecule has 2 rings (SSSR count). The van der Waals surface area contributed by atoms with Gasteiger partial charge in [-0.05, 0) is 19.0 Å². The molecule has 2 aromatic rings. The molecule has 0 aliphatic rings. The average molecular weight is 248 g/mol. The van der Waals surface area contributed by atoms with Crippen LogP contribution in [0.5, 0.6) is 0 Å². The quantitative estimate of drug-likeness (QED) is 0.873. The number of aromatic nitrogens is 3. The minimum atomic E-state index is -0.213. The van der Waals surface area contributed by atoms with Gasteiger partial charge in [0, 0.05) is 12.0 Å². The zero-order valence-electron chi connectivity index (χ0n) is 10.4. The van der Waals surface area contributed by atoms with Crippen molar-refractivity contribution < 1.29 is 4.39 Å². The van der Waals surface area contributed by atoms with Crippen LogP contribution in [0.4, 0.5) is 4.39 Å². The van der Waals surface area contributed by atoms with Crippen LogP contribution in [0.25, 0.3) is 0 Å². The van der Waals surface area contributed by atoms with Gasteiger partial charge in [-0.3, -0.25) is 0 Å². The number of nitrogens with zero attached hydrogens (tertiary/aromatic N) is 3. The fourth-order valence-electron chi connectivity index (χ4n) is 2.00. The Morgan fingerprint density at radius 1 is 1.33 bits per heavy atom. The van der Waals surface area contributed by atoms with E-state index in [1.165, 1.54) is 6.07 Å². The summed E-state index contributed by atoms with van der Waals surface area (Å²) in [6.07, 6.45) is 1.53. The number of rotatable bonds is 5. The summed E-state index contributed by atoms with van der Waals surface area (Å²) in [4.78, 5) is 0. The number of hydrogen-bond donors (Lipinski definition) is 1. The summed E-state index contributed by atoms with van der Waals surface area (Å²) in [5.41, 5.74) is 8.10. The van der Waals surface area contributed by atoms with E-state index in [1.807, 2.05) is 13.0 Å². The summed E-state index contributed by atoms with van der Waals surface area (Å²) >= 11 is 0. The van der Waals surface area contributed by atoms with Gasteiger partial charge in [-0.15, -0.1) is 5.10 Å². The van der Waals surface area contributed by atoms with E-state index in [2.05, 4.69) is 10.3 Å². The first-order valence-corrected chi connectivity index (χ1v) is 6.11. The van der Waals surface area contributed by atoms with Crippen LogP contribution in [0.1, 0.15) is 23.9 Å². The van der Waals surface area contributed by atoms with Crippen molar-refractivity contribution in [3.63, 3.8) is 0 Å². The second-order valence-electron chi connectivity index (χ2n) is 4.12. The average Bonchev–Trinajstić information content (AvgIpc) is 2.75. The molecular formula is C13H17FN4. The molecule has 0 atom stereocenters. The highest BCUT2D eigenvalue weighted by atomic mass is 19.1. The molecule has 0 unspecified atom stereocenters. The predicted molar refractivity (Wildman–Crippen MR) is 67.7 cm³/mol. The lowest BCUT2D eigenvalue weighted by Crippen LogP contribution is -2.09. The van der Waals surface area contributed by atoms with Crippen LogP contribution in [0.3, 0.4) is 0 Å². The van der Waals surface area contributed by atoms with E-state index in [0.717, 1.165) is 17.8 Å². The Kier molecular flexibility index (Phi) is 4.04. The van der Waals surface area contributed by atoms with E-state index < -0.39 is 0 Å². The first kappa shape index (κ1) is 12.7. The maximum atomic E-state index is 13.6. The van der Waals surface area contributed by atoms with Gasteiger partial charge < -0.3 is 5.73 Å². The minimum Gasteiger partial charge on any atom is -0.330 e. The molecule has 0 amide bonds. The Hall–Kier alpha value is -1.75. The van der Waals surface area contributed by atoms with Crippen LogP contribution in [0.2, 0.25) is 0 Å². The largest absolute Gasteiger partial charge is 0.330 e. The highest BCUT2D eigenvalue weighted by Gasteiger charge is 2.11. The Bertz CT molecular complexity index is 521. The van der Waals surface area contributed by atoms with E-state index in [1.54, 1.807) is 16.8 Å². The molecule has 0 bridgehead atoms. The molecule has 0 saturated carbocycles. The highest BCUT2D eigenvalue weighted by molar-refractivity contribution is 5.19. The number of halogens is 1. The SMILES string of the molecule is CCc1c(CCN)nnn1Cc1ccccc1F. The van der Waals surface area contributed by atoms with Gasteiger partial charge in [-0.1, -0.05) is 30.3 Å². The summed E-state index contributed by atoms with van der Waals surface area (Å²) in [6.45, 7) is 3.00. The van der Waals surface area contributed by atoms with Crippen LogP contribution < -0.4 is 5.73 Å². The van der Waals surface area contributed by atoms with Crippen LogP contribution in [-0.2, 0) is 19.4 Å². The molecule has 18 heavy (non-hydrogen) atoms. The molecule has 0 fully saturated rings. The summed E-state index contributed by atoms with van der Waals surface area (Å²) in [5.74, 6) is -0.213. The summed E-state index contributed by atoms with van der Waals surface area (Å²) in [5, 5.41) is 8.20. The Balaban J connectivity index is 2.27. The molecule has 5 heteroatoms. The molecule has 0 aliphatic carbocycles. The first-order chi connectivity index (χ1) is 8.76. The number of nitrogens with two attached hydrogens (primary N) is 1. The lowest BCUT2D eigenvalue weighted by molar-refractivity contribution is 0.567. The van der Waals surface area contributed by atoms with Crippen LogP contribution in [-0.4, -0.2) is 21.5 Å². The van der Waals surface area contributed by atoms with E-state index in [4.69, 9.17) is 5.73 Å². The third-order valence-electron chi connectivity index (χ3n) is 2.91. The zero-order chi connectivity index (χ0) is 13.0. The lowest BCUT2D eigenvalue weighted by Gasteiger charge is -2.06. The van der Waals surface area contributed by atoms with Gasteiger partial charge in [0.25, 0.3) is 0 Å².